The third-order valence-corrected chi connectivity index (χ3v) is 4.85. The Labute approximate surface area is 164 Å². The van der Waals surface area contributed by atoms with Gasteiger partial charge in [0.15, 0.2) is 0 Å². The van der Waals surface area contributed by atoms with Crippen LogP contribution in [0.25, 0.3) is 0 Å². The van der Waals surface area contributed by atoms with E-state index in [1.807, 2.05) is 0 Å². The Morgan fingerprint density at radius 3 is 2.50 bits per heavy atom. The molecule has 1 heterocycles. The summed E-state index contributed by atoms with van der Waals surface area (Å²) in [7, 11) is 0. The number of nitrogen functional groups attached to an aromatic ring is 1. The lowest BCUT2D eigenvalue weighted by Crippen LogP contribution is -2.42. The van der Waals surface area contributed by atoms with Crippen LogP contribution < -0.4 is 27.2 Å². The second-order valence-corrected chi connectivity index (χ2v) is 7.07. The summed E-state index contributed by atoms with van der Waals surface area (Å²) in [6, 6.07) is 1.69. The molecule has 0 atom stereocenters. The molecule has 9 nitrogen and oxygen atoms in total. The first-order valence-electron chi connectivity index (χ1n) is 9.50. The summed E-state index contributed by atoms with van der Waals surface area (Å²) in [5.41, 5.74) is 6.22. The summed E-state index contributed by atoms with van der Waals surface area (Å²) in [6.07, 6.45) is 5.04. The first-order valence-corrected chi connectivity index (χ1v) is 9.50. The number of aliphatic hydroxyl groups is 1. The lowest BCUT2D eigenvalue weighted by atomic mass is 9.91. The topological polar surface area (TPSA) is 145 Å². The van der Waals surface area contributed by atoms with E-state index >= 15 is 0 Å². The van der Waals surface area contributed by atoms with E-state index in [2.05, 4.69) is 22.5 Å². The lowest BCUT2D eigenvalue weighted by molar-refractivity contribution is -0.119. The average molecular weight is 390 g/mol. The van der Waals surface area contributed by atoms with Crippen molar-refractivity contribution in [2.24, 2.45) is 0 Å². The quantitative estimate of drug-likeness (QED) is 0.343. The zero-order chi connectivity index (χ0) is 20.7. The van der Waals surface area contributed by atoms with Crippen molar-refractivity contribution in [2.45, 2.75) is 57.7 Å². The van der Waals surface area contributed by atoms with Gasteiger partial charge in [0.1, 0.15) is 5.82 Å². The Bertz CT molecular complexity index is 781. The van der Waals surface area contributed by atoms with Crippen molar-refractivity contribution < 1.29 is 9.90 Å². The number of rotatable bonds is 9. The fourth-order valence-corrected chi connectivity index (χ4v) is 3.51. The highest BCUT2D eigenvalue weighted by atomic mass is 16.3. The highest BCUT2D eigenvalue weighted by molar-refractivity contribution is 5.91. The van der Waals surface area contributed by atoms with E-state index in [1.54, 1.807) is 0 Å². The summed E-state index contributed by atoms with van der Waals surface area (Å²) in [5.74, 6) is 0.885. The highest BCUT2D eigenvalue weighted by Gasteiger charge is 2.22. The number of anilines is 2. The Morgan fingerprint density at radius 1 is 1.36 bits per heavy atom. The third kappa shape index (κ3) is 5.59. The van der Waals surface area contributed by atoms with Crippen LogP contribution in [0.4, 0.5) is 11.5 Å². The Balaban J connectivity index is 2.08. The van der Waals surface area contributed by atoms with Gasteiger partial charge in [0, 0.05) is 50.1 Å². The average Bonchev–Trinajstić information content (AvgIpc) is 2.62. The van der Waals surface area contributed by atoms with E-state index < -0.39 is 0 Å². The predicted octanol–water partition coefficient (Wildman–Crippen LogP) is 0.731. The summed E-state index contributed by atoms with van der Waals surface area (Å²) >= 11 is 0. The van der Waals surface area contributed by atoms with Crippen LogP contribution in [0.15, 0.2) is 23.3 Å². The molecule has 1 aromatic rings. The van der Waals surface area contributed by atoms with Crippen molar-refractivity contribution in [1.82, 2.24) is 15.2 Å². The minimum atomic E-state index is -0.303. The molecule has 0 aromatic carbocycles. The molecule has 2 rings (SSSR count). The predicted molar refractivity (Wildman–Crippen MR) is 110 cm³/mol. The first kappa shape index (κ1) is 21.5. The molecule has 154 valence electrons. The molecule has 1 fully saturated rings. The number of amides is 1. The molecule has 9 heteroatoms. The monoisotopic (exact) mass is 390 g/mol. The zero-order valence-corrected chi connectivity index (χ0v) is 16.3. The molecule has 0 bridgehead atoms. The van der Waals surface area contributed by atoms with Crippen LogP contribution in [0.2, 0.25) is 0 Å². The van der Waals surface area contributed by atoms with Crippen molar-refractivity contribution in [2.75, 3.05) is 17.7 Å². The molecule has 28 heavy (non-hydrogen) atoms. The number of aromatic nitrogens is 1. The Morgan fingerprint density at radius 2 is 1.96 bits per heavy atom. The van der Waals surface area contributed by atoms with E-state index in [1.165, 1.54) is 17.6 Å². The Kier molecular flexibility index (Phi) is 7.62. The maximum absolute atomic E-state index is 12.3. The molecule has 0 radical (unpaired) electrons. The van der Waals surface area contributed by atoms with Gasteiger partial charge in [0.25, 0.3) is 5.56 Å². The van der Waals surface area contributed by atoms with Gasteiger partial charge in [-0.05, 0) is 32.1 Å². The van der Waals surface area contributed by atoms with Gasteiger partial charge < -0.3 is 32.2 Å². The van der Waals surface area contributed by atoms with Crippen LogP contribution in [0.5, 0.6) is 0 Å². The molecule has 1 amide bonds. The van der Waals surface area contributed by atoms with Crippen molar-refractivity contribution in [3.63, 3.8) is 0 Å². The van der Waals surface area contributed by atoms with E-state index in [4.69, 9.17) is 16.2 Å². The second-order valence-electron chi connectivity index (χ2n) is 7.07. The van der Waals surface area contributed by atoms with Crippen LogP contribution in [0.3, 0.4) is 0 Å². The Hall–Kier alpha value is -2.81. The molecule has 0 spiro atoms. The number of nitrogens with two attached hydrogens (primary N) is 1. The van der Waals surface area contributed by atoms with Gasteiger partial charge in [0.2, 0.25) is 5.91 Å². The van der Waals surface area contributed by atoms with Crippen LogP contribution in [0.1, 0.15) is 44.6 Å². The third-order valence-electron chi connectivity index (χ3n) is 4.85. The van der Waals surface area contributed by atoms with Gasteiger partial charge in [-0.15, -0.1) is 0 Å². The number of carbonyl (C=O) groups is 1. The first-order chi connectivity index (χ1) is 13.3. The minimum Gasteiger partial charge on any atom is -0.398 e. The SMILES string of the molecule is C=C(Nc1c(C=N)c(N)cc(=O)n1CCCO)NC1CCC(NC(C)=O)CC1. The number of pyridine rings is 1. The normalized spacial score (nSPS) is 18.9. The number of hydrogen-bond donors (Lipinski definition) is 6. The van der Waals surface area contributed by atoms with Crippen LogP contribution >= 0.6 is 0 Å². The van der Waals surface area contributed by atoms with E-state index in [0.717, 1.165) is 31.9 Å². The number of nitrogens with one attached hydrogen (secondary N) is 4. The van der Waals surface area contributed by atoms with Gasteiger partial charge in [0.05, 0.1) is 11.4 Å². The maximum atomic E-state index is 12.3. The molecular formula is C19H30N6O3. The molecule has 1 saturated carbocycles. The molecule has 7 N–H and O–H groups in total. The van der Waals surface area contributed by atoms with Gasteiger partial charge in [-0.25, -0.2) is 0 Å². The van der Waals surface area contributed by atoms with E-state index in [-0.39, 0.29) is 35.8 Å². The summed E-state index contributed by atoms with van der Waals surface area (Å²) in [6.45, 7) is 5.77. The highest BCUT2D eigenvalue weighted by Crippen LogP contribution is 2.22. The smallest absolute Gasteiger partial charge is 0.254 e. The van der Waals surface area contributed by atoms with Gasteiger partial charge in [-0.3, -0.25) is 14.2 Å². The van der Waals surface area contributed by atoms with Gasteiger partial charge >= 0.3 is 0 Å². The molecule has 1 aromatic heterocycles. The molecule has 0 aliphatic heterocycles. The summed E-state index contributed by atoms with van der Waals surface area (Å²) in [4.78, 5) is 23.5. The van der Waals surface area contributed by atoms with Gasteiger partial charge in [-0.2, -0.15) is 0 Å². The van der Waals surface area contributed by atoms with Crippen LogP contribution in [-0.4, -0.2) is 40.5 Å². The number of hydrogen-bond acceptors (Lipinski definition) is 7. The number of carbonyl (C=O) groups excluding carboxylic acids is 1. The molecular weight excluding hydrogens is 360 g/mol. The maximum Gasteiger partial charge on any atom is 0.254 e. The largest absolute Gasteiger partial charge is 0.398 e. The van der Waals surface area contributed by atoms with Gasteiger partial charge in [-0.1, -0.05) is 6.58 Å². The van der Waals surface area contributed by atoms with Crippen LogP contribution in [0, 0.1) is 5.41 Å². The van der Waals surface area contributed by atoms with Crippen molar-refractivity contribution in [3.05, 3.63) is 34.4 Å². The van der Waals surface area contributed by atoms with Crippen molar-refractivity contribution in [1.29, 1.82) is 5.41 Å². The fraction of sp³-hybridized carbons (Fsp3) is 0.526. The minimum absolute atomic E-state index is 0.0100. The van der Waals surface area contributed by atoms with E-state index in [0.29, 0.717) is 30.2 Å². The number of nitrogens with zero attached hydrogens (tertiary/aromatic N) is 1. The molecule has 0 saturated heterocycles. The molecule has 1 aliphatic rings. The van der Waals surface area contributed by atoms with Crippen LogP contribution in [-0.2, 0) is 11.3 Å². The summed E-state index contributed by atoms with van der Waals surface area (Å²) in [5, 5.41) is 26.1. The lowest BCUT2D eigenvalue weighted by Gasteiger charge is -2.31. The second kappa shape index (κ2) is 9.93. The standard InChI is InChI=1S/C19H30N6O3/c1-12(22-14-4-6-15(7-5-14)24-13(2)27)23-19-16(11-20)17(21)10-18(28)25(19)8-3-9-26/h10-11,14-15,20,22-23,26H,1,3-9,21H2,2H3,(H,24,27). The van der Waals surface area contributed by atoms with Crippen molar-refractivity contribution in [3.8, 4) is 0 Å². The van der Waals surface area contributed by atoms with E-state index in [9.17, 15) is 9.59 Å². The molecule has 0 unspecified atom stereocenters. The summed E-state index contributed by atoms with van der Waals surface area (Å²) < 4.78 is 1.45. The van der Waals surface area contributed by atoms with Crippen molar-refractivity contribution >= 4 is 23.6 Å². The zero-order valence-electron chi connectivity index (χ0n) is 16.3. The number of aliphatic hydroxyl groups excluding tert-OH is 1. The fourth-order valence-electron chi connectivity index (χ4n) is 3.51. The molecule has 1 aliphatic carbocycles.